The number of carbonyl (C=O) groups is 1. The molecule has 0 aliphatic heterocycles. The van der Waals surface area contributed by atoms with Crippen LogP contribution in [-0.4, -0.2) is 31.0 Å². The lowest BCUT2D eigenvalue weighted by atomic mass is 9.89. The molecule has 2 rings (SSSR count). The molecule has 4 atom stereocenters. The number of halogens is 1. The lowest BCUT2D eigenvalue weighted by Crippen LogP contribution is -2.40. The van der Waals surface area contributed by atoms with Crippen LogP contribution in [0, 0.1) is 11.8 Å². The number of sulfone groups is 1. The summed E-state index contributed by atoms with van der Waals surface area (Å²) in [4.78, 5) is 10.7. The van der Waals surface area contributed by atoms with Crippen molar-refractivity contribution in [3.63, 3.8) is 0 Å². The van der Waals surface area contributed by atoms with Crippen LogP contribution in [0.25, 0.3) is 0 Å². The highest BCUT2D eigenvalue weighted by molar-refractivity contribution is 7.92. The lowest BCUT2D eigenvalue weighted by Gasteiger charge is -2.26. The van der Waals surface area contributed by atoms with Crippen LogP contribution in [0.5, 0.6) is 0 Å². The standard InChI is InChI=1S/C18H26FNO4S/c19-16-12-11-15(14(16)9-5-2-6-10-17(21)22)18(20)25(23,24)13-7-3-1-4-8-13/h1,3-4,7-8,14-16,18H,2,5-6,9-12,20H2,(H,21,22)/t14-,15+,16-,18?/m1/s1. The SMILES string of the molecule is NC([C@H]1CC[C@@H](F)[C@@H]1CCCCCC(=O)O)S(=O)(=O)c1ccccc1. The molecule has 0 radical (unpaired) electrons. The van der Waals surface area contributed by atoms with Gasteiger partial charge in [-0.2, -0.15) is 0 Å². The number of aliphatic carboxylic acids is 1. The minimum atomic E-state index is -3.69. The minimum Gasteiger partial charge on any atom is -0.481 e. The molecule has 1 saturated carbocycles. The maximum Gasteiger partial charge on any atom is 0.303 e. The number of carboxylic acid groups (broad SMARTS) is 1. The van der Waals surface area contributed by atoms with Crippen molar-refractivity contribution < 1.29 is 22.7 Å². The van der Waals surface area contributed by atoms with Crippen LogP contribution >= 0.6 is 0 Å². The molecular formula is C18H26FNO4S. The summed E-state index contributed by atoms with van der Waals surface area (Å²) in [6.07, 6.45) is 2.35. The topological polar surface area (TPSA) is 97.5 Å². The van der Waals surface area contributed by atoms with Gasteiger partial charge in [-0.3, -0.25) is 4.79 Å². The Morgan fingerprint density at radius 2 is 1.88 bits per heavy atom. The van der Waals surface area contributed by atoms with Crippen LogP contribution in [-0.2, 0) is 14.6 Å². The number of benzene rings is 1. The van der Waals surface area contributed by atoms with Gasteiger partial charge in [-0.05, 0) is 49.7 Å². The maximum atomic E-state index is 14.3. The highest BCUT2D eigenvalue weighted by atomic mass is 32.2. The number of unbranched alkanes of at least 4 members (excludes halogenated alkanes) is 2. The van der Waals surface area contributed by atoms with Gasteiger partial charge in [0.25, 0.3) is 0 Å². The predicted octanol–water partition coefficient (Wildman–Crippen LogP) is 3.14. The van der Waals surface area contributed by atoms with Crippen molar-refractivity contribution >= 4 is 15.8 Å². The first-order chi connectivity index (χ1) is 11.8. The van der Waals surface area contributed by atoms with Crippen LogP contribution in [0.4, 0.5) is 4.39 Å². The molecule has 7 heteroatoms. The summed E-state index contributed by atoms with van der Waals surface area (Å²) >= 11 is 0. The molecule has 1 aliphatic carbocycles. The number of rotatable bonds is 9. The Balaban J connectivity index is 2.00. The third-order valence-corrected chi connectivity index (χ3v) is 7.07. The molecule has 1 aromatic carbocycles. The largest absolute Gasteiger partial charge is 0.481 e. The molecule has 0 amide bonds. The number of hydrogen-bond donors (Lipinski definition) is 2. The maximum absolute atomic E-state index is 14.3. The normalized spacial score (nSPS) is 25.0. The van der Waals surface area contributed by atoms with Gasteiger partial charge in [0.15, 0.2) is 9.84 Å². The Morgan fingerprint density at radius 1 is 1.20 bits per heavy atom. The van der Waals surface area contributed by atoms with Crippen LogP contribution in [0.15, 0.2) is 35.2 Å². The Kier molecular flexibility index (Phi) is 6.95. The van der Waals surface area contributed by atoms with Crippen LogP contribution in [0.2, 0.25) is 0 Å². The quantitative estimate of drug-likeness (QED) is 0.650. The molecule has 1 aliphatic rings. The first kappa shape index (κ1) is 19.8. The van der Waals surface area contributed by atoms with Crippen molar-refractivity contribution in [3.8, 4) is 0 Å². The van der Waals surface area contributed by atoms with E-state index < -0.39 is 33.3 Å². The Morgan fingerprint density at radius 3 is 2.52 bits per heavy atom. The summed E-state index contributed by atoms with van der Waals surface area (Å²) in [5.74, 6) is -1.61. The van der Waals surface area contributed by atoms with E-state index in [1.807, 2.05) is 0 Å². The average molecular weight is 371 g/mol. The van der Waals surface area contributed by atoms with Crippen LogP contribution in [0.3, 0.4) is 0 Å². The smallest absolute Gasteiger partial charge is 0.303 e. The Labute approximate surface area is 148 Å². The molecule has 0 saturated heterocycles. The van der Waals surface area contributed by atoms with E-state index in [1.54, 1.807) is 18.2 Å². The molecule has 3 N–H and O–H groups in total. The van der Waals surface area contributed by atoms with Crippen molar-refractivity contribution in [2.75, 3.05) is 0 Å². The summed E-state index contributed by atoms with van der Waals surface area (Å²) in [6.45, 7) is 0. The number of hydrogen-bond acceptors (Lipinski definition) is 4. The van der Waals surface area contributed by atoms with E-state index >= 15 is 0 Å². The molecule has 1 fully saturated rings. The monoisotopic (exact) mass is 371 g/mol. The molecule has 0 aromatic heterocycles. The van der Waals surface area contributed by atoms with Gasteiger partial charge in [0.1, 0.15) is 11.5 Å². The van der Waals surface area contributed by atoms with Gasteiger partial charge in [0.2, 0.25) is 0 Å². The molecule has 25 heavy (non-hydrogen) atoms. The van der Waals surface area contributed by atoms with Crippen LogP contribution in [0.1, 0.15) is 44.9 Å². The van der Waals surface area contributed by atoms with E-state index in [-0.39, 0.29) is 17.2 Å². The fraction of sp³-hybridized carbons (Fsp3) is 0.611. The van der Waals surface area contributed by atoms with Gasteiger partial charge in [0, 0.05) is 6.42 Å². The number of nitrogens with two attached hydrogens (primary N) is 1. The molecule has 5 nitrogen and oxygen atoms in total. The molecule has 140 valence electrons. The van der Waals surface area contributed by atoms with Crippen molar-refractivity contribution in [2.45, 2.75) is 61.4 Å². The van der Waals surface area contributed by atoms with Crippen LogP contribution < -0.4 is 5.73 Å². The third-order valence-electron chi connectivity index (χ3n) is 5.07. The summed E-state index contributed by atoms with van der Waals surface area (Å²) in [5.41, 5.74) is 6.08. The summed E-state index contributed by atoms with van der Waals surface area (Å²) < 4.78 is 39.7. The summed E-state index contributed by atoms with van der Waals surface area (Å²) in [7, 11) is -3.69. The van der Waals surface area contributed by atoms with Crippen molar-refractivity contribution in [1.82, 2.24) is 0 Å². The van der Waals surface area contributed by atoms with E-state index in [0.29, 0.717) is 38.5 Å². The number of carboxylic acids is 1. The second-order valence-electron chi connectivity index (χ2n) is 6.74. The highest BCUT2D eigenvalue weighted by Crippen LogP contribution is 2.41. The summed E-state index contributed by atoms with van der Waals surface area (Å²) in [5, 5.41) is 7.52. The van der Waals surface area contributed by atoms with Gasteiger partial charge in [-0.15, -0.1) is 0 Å². The highest BCUT2D eigenvalue weighted by Gasteiger charge is 2.43. The van der Waals surface area contributed by atoms with Gasteiger partial charge < -0.3 is 10.8 Å². The first-order valence-electron chi connectivity index (χ1n) is 8.74. The molecule has 0 heterocycles. The molecule has 1 aromatic rings. The predicted molar refractivity (Wildman–Crippen MR) is 93.4 cm³/mol. The van der Waals surface area contributed by atoms with E-state index in [1.165, 1.54) is 12.1 Å². The first-order valence-corrected chi connectivity index (χ1v) is 10.3. The zero-order chi connectivity index (χ0) is 18.4. The third kappa shape index (κ3) is 5.01. The van der Waals surface area contributed by atoms with E-state index in [4.69, 9.17) is 10.8 Å². The van der Waals surface area contributed by atoms with Crippen molar-refractivity contribution in [3.05, 3.63) is 30.3 Å². The fourth-order valence-electron chi connectivity index (χ4n) is 3.68. The van der Waals surface area contributed by atoms with E-state index in [0.717, 1.165) is 0 Å². The lowest BCUT2D eigenvalue weighted by molar-refractivity contribution is -0.137. The minimum absolute atomic E-state index is 0.106. The van der Waals surface area contributed by atoms with Gasteiger partial charge >= 0.3 is 5.97 Å². The molecule has 0 spiro atoms. The Bertz CT molecular complexity index is 665. The second-order valence-corrected chi connectivity index (χ2v) is 8.84. The average Bonchev–Trinajstić information content (AvgIpc) is 2.95. The summed E-state index contributed by atoms with van der Waals surface area (Å²) in [6, 6.07) is 8.05. The fourth-order valence-corrected chi connectivity index (χ4v) is 5.33. The van der Waals surface area contributed by atoms with Crippen molar-refractivity contribution in [2.24, 2.45) is 17.6 Å². The Hall–Kier alpha value is -1.47. The van der Waals surface area contributed by atoms with Crippen molar-refractivity contribution in [1.29, 1.82) is 0 Å². The van der Waals surface area contributed by atoms with E-state index in [9.17, 15) is 17.6 Å². The zero-order valence-electron chi connectivity index (χ0n) is 14.2. The molecule has 1 unspecified atom stereocenters. The second kappa shape index (κ2) is 8.76. The molecular weight excluding hydrogens is 345 g/mol. The van der Waals surface area contributed by atoms with Gasteiger partial charge in [-0.25, -0.2) is 12.8 Å². The molecule has 0 bridgehead atoms. The van der Waals surface area contributed by atoms with E-state index in [2.05, 4.69) is 0 Å². The zero-order valence-corrected chi connectivity index (χ0v) is 15.0. The van der Waals surface area contributed by atoms with Gasteiger partial charge in [0.05, 0.1) is 4.90 Å². The van der Waals surface area contributed by atoms with Gasteiger partial charge in [-0.1, -0.05) is 31.0 Å². The number of alkyl halides is 1.